The Labute approximate surface area is 208 Å². The number of ether oxygens (including phenoxy) is 2. The summed E-state index contributed by atoms with van der Waals surface area (Å²) in [6.45, 7) is 5.29. The molecule has 0 amide bonds. The van der Waals surface area contributed by atoms with Gasteiger partial charge in [0.25, 0.3) is 0 Å². The molecule has 2 heterocycles. The first kappa shape index (κ1) is 23.3. The van der Waals surface area contributed by atoms with Gasteiger partial charge in [-0.1, -0.05) is 24.3 Å². The van der Waals surface area contributed by atoms with Crippen LogP contribution in [0.5, 0.6) is 5.75 Å². The Morgan fingerprint density at radius 2 is 1.83 bits per heavy atom. The number of nitrogens with one attached hydrogen (secondary N) is 1. The first-order valence-corrected chi connectivity index (χ1v) is 11.7. The molecule has 0 bridgehead atoms. The van der Waals surface area contributed by atoms with Crippen LogP contribution in [-0.4, -0.2) is 37.9 Å². The van der Waals surface area contributed by atoms with Crippen LogP contribution in [0.3, 0.4) is 0 Å². The van der Waals surface area contributed by atoms with E-state index in [9.17, 15) is 4.79 Å². The molecule has 3 aromatic carbocycles. The molecule has 0 unspecified atom stereocenters. The molecule has 0 saturated carbocycles. The quantitative estimate of drug-likeness (QED) is 0.314. The highest BCUT2D eigenvalue weighted by Gasteiger charge is 2.17. The number of aromatic nitrogens is 4. The van der Waals surface area contributed by atoms with Crippen LogP contribution in [0, 0.1) is 0 Å². The average Bonchev–Trinajstić information content (AvgIpc) is 3.22. The molecule has 5 aromatic rings. The normalized spacial score (nSPS) is 11.6. The summed E-state index contributed by atoms with van der Waals surface area (Å²) in [4.78, 5) is 21.7. The number of esters is 1. The van der Waals surface area contributed by atoms with E-state index in [1.54, 1.807) is 6.07 Å². The van der Waals surface area contributed by atoms with Crippen molar-refractivity contribution in [1.29, 1.82) is 0 Å². The third-order valence-corrected chi connectivity index (χ3v) is 5.48. The fraction of sp³-hybridized carbons (Fsp3) is 0.214. The zero-order valence-electron chi connectivity index (χ0n) is 20.6. The molecular formula is C28H27N5O3. The van der Waals surface area contributed by atoms with Crippen molar-refractivity contribution in [2.75, 3.05) is 11.9 Å². The van der Waals surface area contributed by atoms with Crippen molar-refractivity contribution in [2.24, 2.45) is 7.05 Å². The summed E-state index contributed by atoms with van der Waals surface area (Å²) in [7, 11) is 1.92. The monoisotopic (exact) mass is 481 g/mol. The molecule has 0 radical (unpaired) electrons. The summed E-state index contributed by atoms with van der Waals surface area (Å²) in [5.74, 6) is 1.35. The van der Waals surface area contributed by atoms with Crippen LogP contribution in [0.25, 0.3) is 33.2 Å². The topological polar surface area (TPSA) is 91.2 Å². The molecule has 0 atom stereocenters. The summed E-state index contributed by atoms with van der Waals surface area (Å²) >= 11 is 0. The molecule has 8 nitrogen and oxygen atoms in total. The summed E-state index contributed by atoms with van der Waals surface area (Å²) in [5.41, 5.74) is 2.98. The van der Waals surface area contributed by atoms with Gasteiger partial charge in [0.05, 0.1) is 17.2 Å². The number of carbonyl (C=O) groups is 1. The molecule has 0 fully saturated rings. The lowest BCUT2D eigenvalue weighted by Crippen LogP contribution is -2.27. The van der Waals surface area contributed by atoms with Gasteiger partial charge < -0.3 is 14.8 Å². The van der Waals surface area contributed by atoms with Crippen molar-refractivity contribution in [3.8, 4) is 17.1 Å². The number of hydrogen-bond acceptors (Lipinski definition) is 7. The second kappa shape index (κ2) is 9.30. The first-order valence-electron chi connectivity index (χ1n) is 11.7. The number of benzene rings is 3. The molecule has 0 aliphatic carbocycles. The van der Waals surface area contributed by atoms with Crippen LogP contribution in [0.15, 0.2) is 72.9 Å². The summed E-state index contributed by atoms with van der Waals surface area (Å²) in [6, 6.07) is 21.3. The van der Waals surface area contributed by atoms with Gasteiger partial charge in [-0.2, -0.15) is 5.10 Å². The SMILES string of the molecule is Cn1ncc2cc(Nc3nc(-c4cccc(OCC(=O)OC(C)(C)C)c4)nc4ccccc34)ccc21. The van der Waals surface area contributed by atoms with Crippen LogP contribution in [0.2, 0.25) is 0 Å². The standard InChI is InChI=1S/C28H27N5O3/c1-28(2,3)36-25(34)17-35-21-9-7-8-18(15-21)26-31-23-11-6-5-10-22(23)27(32-26)30-20-12-13-24-19(14-20)16-29-33(24)4/h5-16H,17H2,1-4H3,(H,30,31,32). The number of para-hydroxylation sites is 1. The zero-order valence-corrected chi connectivity index (χ0v) is 20.6. The van der Waals surface area contributed by atoms with E-state index in [-0.39, 0.29) is 6.61 Å². The second-order valence-corrected chi connectivity index (χ2v) is 9.48. The van der Waals surface area contributed by atoms with Crippen LogP contribution in [-0.2, 0) is 16.6 Å². The van der Waals surface area contributed by atoms with Crippen LogP contribution in [0.4, 0.5) is 11.5 Å². The van der Waals surface area contributed by atoms with E-state index in [1.807, 2.05) is 99.4 Å². The molecule has 0 aliphatic rings. The molecule has 0 aliphatic heterocycles. The number of hydrogen-bond donors (Lipinski definition) is 1. The Hall–Kier alpha value is -4.46. The van der Waals surface area contributed by atoms with Crippen molar-refractivity contribution in [3.05, 3.63) is 72.9 Å². The van der Waals surface area contributed by atoms with Gasteiger partial charge in [0, 0.05) is 29.1 Å². The van der Waals surface area contributed by atoms with E-state index in [0.29, 0.717) is 17.4 Å². The van der Waals surface area contributed by atoms with Gasteiger partial charge in [-0.25, -0.2) is 14.8 Å². The molecule has 36 heavy (non-hydrogen) atoms. The van der Waals surface area contributed by atoms with Crippen LogP contribution < -0.4 is 10.1 Å². The fourth-order valence-corrected chi connectivity index (χ4v) is 3.92. The molecule has 2 aromatic heterocycles. The van der Waals surface area contributed by atoms with E-state index in [4.69, 9.17) is 19.4 Å². The van der Waals surface area contributed by atoms with Gasteiger partial charge >= 0.3 is 5.97 Å². The number of fused-ring (bicyclic) bond motifs is 2. The van der Waals surface area contributed by atoms with E-state index in [0.717, 1.165) is 33.1 Å². The minimum atomic E-state index is -0.563. The summed E-state index contributed by atoms with van der Waals surface area (Å²) in [5, 5.41) is 9.72. The number of rotatable bonds is 6. The van der Waals surface area contributed by atoms with Gasteiger partial charge in [0.2, 0.25) is 0 Å². The maximum absolute atomic E-state index is 12.0. The minimum Gasteiger partial charge on any atom is -0.482 e. The van der Waals surface area contributed by atoms with Gasteiger partial charge in [0.15, 0.2) is 12.4 Å². The average molecular weight is 482 g/mol. The van der Waals surface area contributed by atoms with Crippen LogP contribution in [0.1, 0.15) is 20.8 Å². The molecule has 0 spiro atoms. The third-order valence-electron chi connectivity index (χ3n) is 5.48. The summed E-state index contributed by atoms with van der Waals surface area (Å²) < 4.78 is 12.8. The van der Waals surface area contributed by atoms with Gasteiger partial charge in [0.1, 0.15) is 17.2 Å². The molecule has 8 heteroatoms. The van der Waals surface area contributed by atoms with Crippen molar-refractivity contribution >= 4 is 39.3 Å². The second-order valence-electron chi connectivity index (χ2n) is 9.48. The van der Waals surface area contributed by atoms with Gasteiger partial charge in [-0.05, 0) is 63.2 Å². The first-order chi connectivity index (χ1) is 17.2. The molecule has 182 valence electrons. The number of aryl methyl sites for hydroxylation is 1. The Morgan fingerprint density at radius 3 is 2.67 bits per heavy atom. The van der Waals surface area contributed by atoms with E-state index in [1.165, 1.54) is 0 Å². The van der Waals surface area contributed by atoms with Gasteiger partial charge in [-0.3, -0.25) is 4.68 Å². The molecule has 0 saturated heterocycles. The lowest BCUT2D eigenvalue weighted by atomic mass is 10.1. The minimum absolute atomic E-state index is 0.178. The van der Waals surface area contributed by atoms with E-state index >= 15 is 0 Å². The van der Waals surface area contributed by atoms with Crippen molar-refractivity contribution in [2.45, 2.75) is 26.4 Å². The van der Waals surface area contributed by atoms with Crippen molar-refractivity contribution < 1.29 is 14.3 Å². The molecular weight excluding hydrogens is 454 g/mol. The predicted octanol–water partition coefficient (Wildman–Crippen LogP) is 5.65. The van der Waals surface area contributed by atoms with E-state index < -0.39 is 11.6 Å². The fourth-order valence-electron chi connectivity index (χ4n) is 3.92. The largest absolute Gasteiger partial charge is 0.482 e. The Morgan fingerprint density at radius 1 is 1.00 bits per heavy atom. The van der Waals surface area contributed by atoms with Crippen LogP contribution >= 0.6 is 0 Å². The lowest BCUT2D eigenvalue weighted by molar-refractivity contribution is -0.157. The number of carbonyl (C=O) groups excluding carboxylic acids is 1. The Bertz CT molecular complexity index is 1570. The zero-order chi connectivity index (χ0) is 25.3. The highest BCUT2D eigenvalue weighted by Crippen LogP contribution is 2.30. The van der Waals surface area contributed by atoms with Crippen molar-refractivity contribution in [1.82, 2.24) is 19.7 Å². The lowest BCUT2D eigenvalue weighted by Gasteiger charge is -2.19. The Kier molecular flexibility index (Phi) is 6.01. The maximum atomic E-state index is 12.0. The summed E-state index contributed by atoms with van der Waals surface area (Å²) in [6.07, 6.45) is 1.84. The van der Waals surface area contributed by atoms with E-state index in [2.05, 4.69) is 10.4 Å². The van der Waals surface area contributed by atoms with Crippen molar-refractivity contribution in [3.63, 3.8) is 0 Å². The molecule has 5 rings (SSSR count). The highest BCUT2D eigenvalue weighted by molar-refractivity contribution is 5.93. The predicted molar refractivity (Wildman–Crippen MR) is 140 cm³/mol. The number of anilines is 2. The third kappa shape index (κ3) is 5.12. The highest BCUT2D eigenvalue weighted by atomic mass is 16.6. The Balaban J connectivity index is 1.45. The van der Waals surface area contributed by atoms with Gasteiger partial charge in [-0.15, -0.1) is 0 Å². The maximum Gasteiger partial charge on any atom is 0.344 e. The molecule has 1 N–H and O–H groups in total. The number of nitrogens with zero attached hydrogens (tertiary/aromatic N) is 4. The smallest absolute Gasteiger partial charge is 0.344 e.